The molecule has 4 nitrogen and oxygen atoms in total. The third-order valence-electron chi connectivity index (χ3n) is 6.36. The van der Waals surface area contributed by atoms with Crippen molar-refractivity contribution < 1.29 is 9.90 Å². The van der Waals surface area contributed by atoms with Gasteiger partial charge in [-0.05, 0) is 102 Å². The van der Waals surface area contributed by atoms with Crippen molar-refractivity contribution in [2.24, 2.45) is 0 Å². The molecule has 4 heteroatoms. The first-order valence-corrected chi connectivity index (χ1v) is 11.0. The van der Waals surface area contributed by atoms with Gasteiger partial charge in [-0.25, -0.2) is 0 Å². The lowest BCUT2D eigenvalue weighted by Gasteiger charge is -2.11. The van der Waals surface area contributed by atoms with Crippen molar-refractivity contribution >= 4 is 17.4 Å². The van der Waals surface area contributed by atoms with Crippen LogP contribution in [0, 0.1) is 36.5 Å². The van der Waals surface area contributed by atoms with Gasteiger partial charge in [-0.3, -0.25) is 0 Å². The van der Waals surface area contributed by atoms with Crippen LogP contribution >= 0.6 is 0 Å². The van der Waals surface area contributed by atoms with E-state index < -0.39 is 0 Å². The minimum Gasteiger partial charge on any atom is -0.396 e. The molecule has 0 unspecified atom stereocenters. The molecule has 32 heavy (non-hydrogen) atoms. The van der Waals surface area contributed by atoms with Crippen molar-refractivity contribution in [3.63, 3.8) is 0 Å². The Hall–Kier alpha value is -3.47. The molecule has 0 amide bonds. The number of aldehydes is 1. The molecule has 0 atom stereocenters. The van der Waals surface area contributed by atoms with Crippen molar-refractivity contribution in [3.8, 4) is 12.1 Å². The molecule has 0 saturated heterocycles. The Morgan fingerprint density at radius 3 is 1.81 bits per heavy atom. The van der Waals surface area contributed by atoms with E-state index in [-0.39, 0.29) is 6.61 Å². The second kappa shape index (κ2) is 10.7. The molecule has 0 spiro atoms. The van der Waals surface area contributed by atoms with Crippen molar-refractivity contribution in [2.45, 2.75) is 52.4 Å². The van der Waals surface area contributed by atoms with Gasteiger partial charge >= 0.3 is 0 Å². The number of carbonyl (C=O) groups is 1. The number of hydrogen-bond donors (Lipinski definition) is 1. The van der Waals surface area contributed by atoms with Gasteiger partial charge in [0.1, 0.15) is 6.29 Å². The number of nitriles is 2. The molecular formula is C28H28N2O2. The zero-order chi connectivity index (χ0) is 23.1. The second-order valence-corrected chi connectivity index (χ2v) is 8.23. The Labute approximate surface area is 190 Å². The fourth-order valence-electron chi connectivity index (χ4n) is 4.83. The summed E-state index contributed by atoms with van der Waals surface area (Å²) in [6.45, 7) is 4.24. The zero-order valence-corrected chi connectivity index (χ0v) is 18.7. The van der Waals surface area contributed by atoms with Crippen LogP contribution in [-0.4, -0.2) is 18.0 Å². The number of allylic oxidation sites excluding steroid dienone is 4. The summed E-state index contributed by atoms with van der Waals surface area (Å²) in [6, 6.07) is 12.6. The number of aliphatic hydroxyl groups excluding tert-OH is 1. The van der Waals surface area contributed by atoms with Gasteiger partial charge in [-0.1, -0.05) is 24.3 Å². The van der Waals surface area contributed by atoms with Crippen LogP contribution in [-0.2, 0) is 30.5 Å². The summed E-state index contributed by atoms with van der Waals surface area (Å²) >= 11 is 0. The van der Waals surface area contributed by atoms with Crippen LogP contribution in [0.3, 0.4) is 0 Å². The monoisotopic (exact) mass is 424 g/mol. The van der Waals surface area contributed by atoms with E-state index in [1.54, 1.807) is 12.2 Å². The standard InChI is InChI=1S/C14H15NO.C14H13NO/c2*1-10-2-3-11-4-5-12(6-8-15)14(11)13(10)7-9-16/h2-3,6,16H,4-5,7,9H2,1H3;2-3,6,9H,4-5,7H2,1H3/b2*12-6+. The number of carbonyl (C=O) groups excluding carboxylic acids is 1. The molecular weight excluding hydrogens is 396 g/mol. The molecule has 0 heterocycles. The summed E-state index contributed by atoms with van der Waals surface area (Å²) in [7, 11) is 0. The van der Waals surface area contributed by atoms with E-state index in [1.165, 1.54) is 27.8 Å². The van der Waals surface area contributed by atoms with E-state index in [9.17, 15) is 4.79 Å². The third kappa shape index (κ3) is 4.72. The molecule has 0 radical (unpaired) electrons. The van der Waals surface area contributed by atoms with Crippen LogP contribution in [0.2, 0.25) is 0 Å². The maximum absolute atomic E-state index is 10.7. The molecule has 2 aromatic rings. The smallest absolute Gasteiger partial charge is 0.124 e. The van der Waals surface area contributed by atoms with Gasteiger partial charge in [0.05, 0.1) is 12.1 Å². The van der Waals surface area contributed by atoms with Crippen molar-refractivity contribution in [2.75, 3.05) is 6.61 Å². The Balaban J connectivity index is 0.000000181. The summed E-state index contributed by atoms with van der Waals surface area (Å²) in [6.07, 6.45) is 9.17. The quantitative estimate of drug-likeness (QED) is 0.554. The number of fused-ring (bicyclic) bond motifs is 2. The topological polar surface area (TPSA) is 84.9 Å². The average Bonchev–Trinajstić information content (AvgIpc) is 3.38. The van der Waals surface area contributed by atoms with Gasteiger partial charge < -0.3 is 9.90 Å². The van der Waals surface area contributed by atoms with Crippen LogP contribution in [0.4, 0.5) is 0 Å². The van der Waals surface area contributed by atoms with Crippen LogP contribution in [0.5, 0.6) is 0 Å². The third-order valence-corrected chi connectivity index (χ3v) is 6.36. The Bertz CT molecular complexity index is 1170. The lowest BCUT2D eigenvalue weighted by molar-refractivity contribution is -0.107. The maximum Gasteiger partial charge on any atom is 0.124 e. The first kappa shape index (κ1) is 23.2. The first-order chi connectivity index (χ1) is 15.5. The van der Waals surface area contributed by atoms with Crippen LogP contribution < -0.4 is 0 Å². The molecule has 1 N–H and O–H groups in total. The predicted molar refractivity (Wildman–Crippen MR) is 127 cm³/mol. The van der Waals surface area contributed by atoms with Gasteiger partial charge in [0.25, 0.3) is 0 Å². The molecule has 0 bridgehead atoms. The fraction of sp³-hybridized carbons (Fsp3) is 0.321. The van der Waals surface area contributed by atoms with E-state index in [4.69, 9.17) is 15.6 Å². The highest BCUT2D eigenvalue weighted by Gasteiger charge is 2.21. The molecule has 0 aliphatic heterocycles. The van der Waals surface area contributed by atoms with E-state index in [2.05, 4.69) is 43.3 Å². The van der Waals surface area contributed by atoms with E-state index in [0.29, 0.717) is 12.8 Å². The summed E-state index contributed by atoms with van der Waals surface area (Å²) in [5, 5.41) is 26.6. The molecule has 0 saturated carbocycles. The molecule has 162 valence electrons. The van der Waals surface area contributed by atoms with Crippen LogP contribution in [0.25, 0.3) is 11.1 Å². The van der Waals surface area contributed by atoms with Crippen LogP contribution in [0.1, 0.15) is 57.3 Å². The number of rotatable bonds is 4. The highest BCUT2D eigenvalue weighted by Crippen LogP contribution is 2.37. The van der Waals surface area contributed by atoms with Crippen molar-refractivity contribution in [1.82, 2.24) is 0 Å². The normalized spacial score (nSPS) is 16.0. The van der Waals surface area contributed by atoms with E-state index >= 15 is 0 Å². The Morgan fingerprint density at radius 2 is 1.34 bits per heavy atom. The van der Waals surface area contributed by atoms with Crippen molar-refractivity contribution in [1.29, 1.82) is 10.5 Å². The SMILES string of the molecule is Cc1ccc2c(c1CC=O)/C(=C/C#N)CC2.Cc1ccc2c(c1CCO)/C(=C/C#N)CC2. The number of aliphatic hydroxyl groups is 1. The van der Waals surface area contributed by atoms with E-state index in [0.717, 1.165) is 59.8 Å². The maximum atomic E-state index is 10.7. The molecule has 0 fully saturated rings. The predicted octanol–water partition coefficient (Wildman–Crippen LogP) is 4.97. The molecule has 4 rings (SSSR count). The molecule has 2 aliphatic carbocycles. The lowest BCUT2D eigenvalue weighted by atomic mass is 9.94. The molecule has 2 aliphatic rings. The average molecular weight is 425 g/mol. The number of benzene rings is 2. The van der Waals surface area contributed by atoms with Crippen molar-refractivity contribution in [3.05, 3.63) is 80.9 Å². The molecule has 0 aromatic heterocycles. The zero-order valence-electron chi connectivity index (χ0n) is 18.7. The van der Waals surface area contributed by atoms with Gasteiger partial charge in [0.15, 0.2) is 0 Å². The summed E-state index contributed by atoms with van der Waals surface area (Å²) in [4.78, 5) is 10.7. The summed E-state index contributed by atoms with van der Waals surface area (Å²) < 4.78 is 0. The van der Waals surface area contributed by atoms with Gasteiger partial charge in [-0.15, -0.1) is 0 Å². The highest BCUT2D eigenvalue weighted by atomic mass is 16.3. The van der Waals surface area contributed by atoms with E-state index in [1.807, 2.05) is 6.92 Å². The fourth-order valence-corrected chi connectivity index (χ4v) is 4.83. The Morgan fingerprint density at radius 1 is 0.844 bits per heavy atom. The number of hydrogen-bond acceptors (Lipinski definition) is 4. The van der Waals surface area contributed by atoms with Gasteiger partial charge in [0, 0.05) is 25.2 Å². The first-order valence-electron chi connectivity index (χ1n) is 11.0. The number of nitrogens with zero attached hydrogens (tertiary/aromatic N) is 2. The van der Waals surface area contributed by atoms with Crippen LogP contribution in [0.15, 0.2) is 36.4 Å². The largest absolute Gasteiger partial charge is 0.396 e. The summed E-state index contributed by atoms with van der Waals surface area (Å²) in [5.41, 5.74) is 11.8. The van der Waals surface area contributed by atoms with Gasteiger partial charge in [-0.2, -0.15) is 10.5 Å². The molecule has 2 aromatic carbocycles. The minimum atomic E-state index is 0.164. The summed E-state index contributed by atoms with van der Waals surface area (Å²) in [5.74, 6) is 0. The minimum absolute atomic E-state index is 0.164. The number of aryl methyl sites for hydroxylation is 4. The second-order valence-electron chi connectivity index (χ2n) is 8.23. The lowest BCUT2D eigenvalue weighted by Crippen LogP contribution is -2.00. The highest BCUT2D eigenvalue weighted by molar-refractivity contribution is 5.79. The van der Waals surface area contributed by atoms with Gasteiger partial charge in [0.2, 0.25) is 0 Å². The Kier molecular flexibility index (Phi) is 7.77.